The maximum Gasteiger partial charge on any atom is 0.00775 e. The van der Waals surface area contributed by atoms with E-state index in [4.69, 9.17) is 5.73 Å². The summed E-state index contributed by atoms with van der Waals surface area (Å²) >= 11 is 0. The molecule has 0 aromatic carbocycles. The molecule has 1 nitrogen and oxygen atoms in total. The van der Waals surface area contributed by atoms with Crippen molar-refractivity contribution in [2.45, 2.75) is 48.0 Å². The Hall–Kier alpha value is -0.720. The van der Waals surface area contributed by atoms with Crippen LogP contribution in [0.5, 0.6) is 0 Å². The predicted molar refractivity (Wildman–Crippen MR) is 60.1 cm³/mol. The molecule has 0 aliphatic carbocycles. The lowest BCUT2D eigenvalue weighted by Gasteiger charge is -1.88. The van der Waals surface area contributed by atoms with E-state index in [9.17, 15) is 0 Å². The van der Waals surface area contributed by atoms with Gasteiger partial charge in [0, 0.05) is 5.70 Å². The monoisotopic (exact) mass is 171 g/mol. The van der Waals surface area contributed by atoms with Crippen LogP contribution in [0.1, 0.15) is 48.0 Å². The smallest absolute Gasteiger partial charge is 0.00775 e. The lowest BCUT2D eigenvalue weighted by Crippen LogP contribution is -1.92. The molecule has 0 spiro atoms. The molecule has 0 atom stereocenters. The molecule has 0 aliphatic heterocycles. The van der Waals surface area contributed by atoms with Gasteiger partial charge in [0.25, 0.3) is 0 Å². The van der Waals surface area contributed by atoms with Gasteiger partial charge in [-0.25, -0.2) is 0 Å². The van der Waals surface area contributed by atoms with Gasteiger partial charge in [0.05, 0.1) is 0 Å². The van der Waals surface area contributed by atoms with Gasteiger partial charge in [-0.3, -0.25) is 0 Å². The number of hydrogen-bond acceptors (Lipinski definition) is 1. The van der Waals surface area contributed by atoms with E-state index in [1.807, 2.05) is 59.8 Å². The van der Waals surface area contributed by atoms with Crippen LogP contribution in [0.15, 0.2) is 23.9 Å². The van der Waals surface area contributed by atoms with Gasteiger partial charge < -0.3 is 5.73 Å². The molecule has 0 amide bonds. The first-order valence-electron chi connectivity index (χ1n) is 4.88. The Morgan fingerprint density at radius 1 is 1.17 bits per heavy atom. The van der Waals surface area contributed by atoms with E-state index in [0.717, 1.165) is 12.1 Å². The first kappa shape index (κ1) is 17.4. The number of allylic oxidation sites excluding steroid dienone is 4. The summed E-state index contributed by atoms with van der Waals surface area (Å²) < 4.78 is 0. The zero-order chi connectivity index (χ0) is 10.4. The highest BCUT2D eigenvalue weighted by Gasteiger charge is 1.76. The van der Waals surface area contributed by atoms with E-state index in [1.54, 1.807) is 0 Å². The van der Waals surface area contributed by atoms with Gasteiger partial charge in [-0.1, -0.05) is 46.8 Å². The normalized spacial score (nSPS) is 9.67. The molecule has 0 rings (SSSR count). The molecule has 0 saturated carbocycles. The molecule has 0 aromatic heterocycles. The van der Waals surface area contributed by atoms with Gasteiger partial charge in [-0.15, -0.1) is 0 Å². The van der Waals surface area contributed by atoms with Crippen LogP contribution < -0.4 is 5.73 Å². The Balaban J connectivity index is -0.000000175. The molecule has 0 unspecified atom stereocenters. The zero-order valence-electron chi connectivity index (χ0n) is 9.52. The van der Waals surface area contributed by atoms with E-state index in [-0.39, 0.29) is 0 Å². The molecule has 0 fully saturated rings. The van der Waals surface area contributed by atoms with Gasteiger partial charge in [0.2, 0.25) is 0 Å². The van der Waals surface area contributed by atoms with Crippen LogP contribution in [0.4, 0.5) is 0 Å². The van der Waals surface area contributed by atoms with Crippen molar-refractivity contribution < 1.29 is 0 Å². The average Bonchev–Trinajstić information content (AvgIpc) is 2.20. The minimum Gasteiger partial charge on any atom is -0.402 e. The Kier molecular flexibility index (Phi) is 32.5. The van der Waals surface area contributed by atoms with E-state index < -0.39 is 0 Å². The van der Waals surface area contributed by atoms with Crippen LogP contribution in [0.3, 0.4) is 0 Å². The van der Waals surface area contributed by atoms with Crippen LogP contribution >= 0.6 is 0 Å². The lowest BCUT2D eigenvalue weighted by molar-refractivity contribution is 1.07. The second kappa shape index (κ2) is 22.4. The fourth-order valence-corrected chi connectivity index (χ4v) is 0.338. The van der Waals surface area contributed by atoms with Gasteiger partial charge in [-0.05, 0) is 19.4 Å². The van der Waals surface area contributed by atoms with Gasteiger partial charge in [0.15, 0.2) is 0 Å². The molecule has 0 aliphatic rings. The van der Waals surface area contributed by atoms with Gasteiger partial charge in [-0.2, -0.15) is 0 Å². The first-order valence-corrected chi connectivity index (χ1v) is 4.88. The van der Waals surface area contributed by atoms with Crippen molar-refractivity contribution in [1.29, 1.82) is 0 Å². The van der Waals surface area contributed by atoms with Crippen molar-refractivity contribution >= 4 is 0 Å². The Morgan fingerprint density at radius 3 is 1.83 bits per heavy atom. The molecular weight excluding hydrogens is 146 g/mol. The second-order valence-corrected chi connectivity index (χ2v) is 1.62. The van der Waals surface area contributed by atoms with Crippen LogP contribution in [-0.4, -0.2) is 0 Å². The van der Waals surface area contributed by atoms with E-state index in [1.165, 1.54) is 0 Å². The topological polar surface area (TPSA) is 26.0 Å². The van der Waals surface area contributed by atoms with Crippen LogP contribution in [0.2, 0.25) is 0 Å². The summed E-state index contributed by atoms with van der Waals surface area (Å²) in [6.45, 7) is 12.0. The summed E-state index contributed by atoms with van der Waals surface area (Å²) in [5.74, 6) is 0. The summed E-state index contributed by atoms with van der Waals surface area (Å²) in [5, 5.41) is 0. The summed E-state index contributed by atoms with van der Waals surface area (Å²) in [5.41, 5.74) is 6.40. The van der Waals surface area contributed by atoms with Crippen molar-refractivity contribution in [2.24, 2.45) is 5.73 Å². The predicted octanol–water partition coefficient (Wildman–Crippen LogP) is 3.87. The standard InChI is InChI=1S/C7H13N.2C2H6/c1-3-5-6-7(8)4-2;2*1-2/h3,5-6H,4,8H2,1-2H3;2*1-2H3/b5-3-,7-6-;;. The lowest BCUT2D eigenvalue weighted by atomic mass is 10.3. The summed E-state index contributed by atoms with van der Waals surface area (Å²) in [4.78, 5) is 0. The highest BCUT2D eigenvalue weighted by atomic mass is 14.6. The molecule has 0 bridgehead atoms. The third-order valence-corrected chi connectivity index (χ3v) is 0.911. The molecule has 1 heteroatoms. The summed E-state index contributed by atoms with van der Waals surface area (Å²) in [6.07, 6.45) is 6.76. The molecule has 0 saturated heterocycles. The van der Waals surface area contributed by atoms with E-state index in [0.29, 0.717) is 0 Å². The maximum atomic E-state index is 5.47. The first-order chi connectivity index (χ1) is 5.81. The van der Waals surface area contributed by atoms with Crippen molar-refractivity contribution in [1.82, 2.24) is 0 Å². The summed E-state index contributed by atoms with van der Waals surface area (Å²) in [7, 11) is 0. The molecule has 0 aromatic rings. The summed E-state index contributed by atoms with van der Waals surface area (Å²) in [6, 6.07) is 0. The fraction of sp³-hybridized carbons (Fsp3) is 0.636. The third kappa shape index (κ3) is 22.8. The van der Waals surface area contributed by atoms with Crippen LogP contribution in [-0.2, 0) is 0 Å². The molecular formula is C11H25N. The Bertz CT molecular complexity index is 102. The Morgan fingerprint density at radius 2 is 1.58 bits per heavy atom. The van der Waals surface area contributed by atoms with Crippen molar-refractivity contribution in [3.05, 3.63) is 23.9 Å². The SMILES string of the molecule is C/C=C\C=C(/N)CC.CC.CC. The number of rotatable bonds is 2. The van der Waals surface area contributed by atoms with Gasteiger partial charge in [0.1, 0.15) is 0 Å². The molecule has 12 heavy (non-hydrogen) atoms. The fourth-order valence-electron chi connectivity index (χ4n) is 0.338. The van der Waals surface area contributed by atoms with E-state index in [2.05, 4.69) is 0 Å². The molecule has 2 N–H and O–H groups in total. The zero-order valence-corrected chi connectivity index (χ0v) is 9.52. The molecule has 0 radical (unpaired) electrons. The second-order valence-electron chi connectivity index (χ2n) is 1.62. The third-order valence-electron chi connectivity index (χ3n) is 0.911. The Labute approximate surface area is 78.4 Å². The largest absolute Gasteiger partial charge is 0.402 e. The number of hydrogen-bond donors (Lipinski definition) is 1. The minimum atomic E-state index is 0.933. The van der Waals surface area contributed by atoms with Crippen molar-refractivity contribution in [3.63, 3.8) is 0 Å². The maximum absolute atomic E-state index is 5.47. The molecule has 0 heterocycles. The van der Waals surface area contributed by atoms with Crippen molar-refractivity contribution in [2.75, 3.05) is 0 Å². The highest BCUT2D eigenvalue weighted by molar-refractivity contribution is 5.07. The molecule has 74 valence electrons. The highest BCUT2D eigenvalue weighted by Crippen LogP contribution is 1.89. The minimum absolute atomic E-state index is 0.933. The van der Waals surface area contributed by atoms with Crippen LogP contribution in [0, 0.1) is 0 Å². The quantitative estimate of drug-likeness (QED) is 0.627. The van der Waals surface area contributed by atoms with E-state index >= 15 is 0 Å². The van der Waals surface area contributed by atoms with Crippen molar-refractivity contribution in [3.8, 4) is 0 Å². The van der Waals surface area contributed by atoms with Crippen LogP contribution in [0.25, 0.3) is 0 Å². The van der Waals surface area contributed by atoms with Gasteiger partial charge >= 0.3 is 0 Å². The average molecular weight is 171 g/mol. The number of nitrogens with two attached hydrogens (primary N) is 1.